The van der Waals surface area contributed by atoms with Gasteiger partial charge in [0.1, 0.15) is 17.2 Å². The van der Waals surface area contributed by atoms with Gasteiger partial charge in [-0.2, -0.15) is 0 Å². The molecule has 0 saturated heterocycles. The van der Waals surface area contributed by atoms with E-state index < -0.39 is 68.7 Å². The van der Waals surface area contributed by atoms with E-state index in [4.69, 9.17) is 9.47 Å². The van der Waals surface area contributed by atoms with Crippen molar-refractivity contribution in [3.63, 3.8) is 0 Å². The molecule has 1 aliphatic rings. The third kappa shape index (κ3) is 39.9. The number of benzene rings is 2. The maximum Gasteiger partial charge on any atom is 0.307 e. The summed E-state index contributed by atoms with van der Waals surface area (Å²) in [6.45, 7) is 11.3. The van der Waals surface area contributed by atoms with Gasteiger partial charge in [-0.15, -0.1) is 0 Å². The molecule has 0 radical (unpaired) electrons. The van der Waals surface area contributed by atoms with Gasteiger partial charge >= 0.3 is 5.97 Å². The van der Waals surface area contributed by atoms with E-state index in [9.17, 15) is 20.4 Å². The highest BCUT2D eigenvalue weighted by molar-refractivity contribution is 6.23. The van der Waals surface area contributed by atoms with E-state index in [-0.39, 0.29) is 55.4 Å². The molecule has 2 unspecified atom stereocenters. The molecule has 2 aromatic carbocycles. The molecule has 0 aromatic heterocycles. The van der Waals surface area contributed by atoms with E-state index in [1.807, 2.05) is 0 Å². The summed E-state index contributed by atoms with van der Waals surface area (Å²) in [6.07, 6.45) is 74.1. The molecule has 11 heteroatoms. The Morgan fingerprint density at radius 2 is 0.514 bits per heavy atom. The first-order valence-corrected chi connectivity index (χ1v) is 48.4. The van der Waals surface area contributed by atoms with E-state index in [1.54, 1.807) is 0 Å². The number of rotatable bonds is 81. The van der Waals surface area contributed by atoms with Gasteiger partial charge in [-0.25, -0.2) is 0 Å². The molecule has 0 aliphatic carbocycles. The fraction of sp³-hybridized carbons (Fsp3) is 0.830. The fourth-order valence-corrected chi connectivity index (χ4v) is 17.9. The topological polar surface area (TPSA) is 185 Å². The third-order valence-electron chi connectivity index (χ3n) is 24.8. The van der Waals surface area contributed by atoms with Gasteiger partial charge in [0.05, 0.1) is 5.56 Å². The van der Waals surface area contributed by atoms with Crippen LogP contribution in [-0.4, -0.2) is 55.1 Å². The number of unbranched alkanes of at least 4 members (excludes halogenated alkanes) is 65. The minimum atomic E-state index is -3.14. The lowest BCUT2D eigenvalue weighted by Crippen LogP contribution is -2.80. The van der Waals surface area contributed by atoms with E-state index in [0.29, 0.717) is 57.8 Å². The van der Waals surface area contributed by atoms with Crippen LogP contribution in [0, 0.1) is 0 Å². The third-order valence-corrected chi connectivity index (χ3v) is 24.8. The Kier molecular flexibility index (Phi) is 60.6. The molecule has 11 nitrogen and oxygen atoms in total. The lowest BCUT2D eigenvalue weighted by molar-refractivity contribution is -0.221. The standard InChI is InChI=1S/C100H174O11/c1-6-11-16-21-26-31-36-41-46-51-56-61-66-71-76-92(105)98(93(106)77-72-67-62-57-52-47-42-37-32-27-22-17-12-7-2)97-90(104)84-87(101)85-91(97)110-99(86-81-82-88(102)89(103)83-86,94(107)78-73-68-63-58-53-48-43-38-33-28-23-18-13-8-3)100(98,95(108)79-74-69-64-59-54-49-44-39-34-29-24-19-14-9-4)111-96(109)80-75-70-65-60-55-50-45-40-35-30-25-20-15-10-5/h81-85,101-104H,6-80H2,1-5H3. The molecule has 640 valence electrons. The zero-order valence-corrected chi connectivity index (χ0v) is 73.1. The van der Waals surface area contributed by atoms with Crippen LogP contribution in [-0.2, 0) is 39.7 Å². The number of carbonyl (C=O) groups is 5. The highest BCUT2D eigenvalue weighted by Gasteiger charge is 2.82. The van der Waals surface area contributed by atoms with Crippen molar-refractivity contribution in [3.05, 3.63) is 41.5 Å². The van der Waals surface area contributed by atoms with Crippen LogP contribution in [0.5, 0.6) is 28.7 Å². The van der Waals surface area contributed by atoms with Crippen molar-refractivity contribution in [2.24, 2.45) is 0 Å². The number of hydrogen-bond donors (Lipinski definition) is 4. The minimum Gasteiger partial charge on any atom is -0.508 e. The summed E-state index contributed by atoms with van der Waals surface area (Å²) in [7, 11) is 0. The average molecular weight is 1550 g/mol. The second kappa shape index (κ2) is 66.7. The number of esters is 1. The first kappa shape index (κ1) is 101. The van der Waals surface area contributed by atoms with Gasteiger partial charge in [-0.05, 0) is 44.2 Å². The Bertz CT molecular complexity index is 2600. The molecule has 111 heavy (non-hydrogen) atoms. The Labute approximate surface area is 682 Å². The maximum absolute atomic E-state index is 17.4. The molecule has 1 heterocycles. The summed E-state index contributed by atoms with van der Waals surface area (Å²) in [5.74, 6) is -6.65. The van der Waals surface area contributed by atoms with Crippen LogP contribution < -0.4 is 4.74 Å². The van der Waals surface area contributed by atoms with Gasteiger partial charge in [0.25, 0.3) is 0 Å². The van der Waals surface area contributed by atoms with Crippen LogP contribution in [0.4, 0.5) is 0 Å². The molecule has 4 N–H and O–H groups in total. The second-order valence-corrected chi connectivity index (χ2v) is 34.7. The summed E-state index contributed by atoms with van der Waals surface area (Å²) in [6, 6.07) is 6.01. The Hall–Kier alpha value is -4.41. The van der Waals surface area contributed by atoms with Crippen LogP contribution in [0.15, 0.2) is 30.3 Å². The van der Waals surface area contributed by atoms with E-state index in [2.05, 4.69) is 34.6 Å². The first-order valence-electron chi connectivity index (χ1n) is 48.4. The summed E-state index contributed by atoms with van der Waals surface area (Å²) < 4.78 is 14.6. The van der Waals surface area contributed by atoms with Gasteiger partial charge in [0, 0.05) is 49.8 Å². The smallest absolute Gasteiger partial charge is 0.307 e. The molecule has 0 spiro atoms. The maximum atomic E-state index is 17.4. The second-order valence-electron chi connectivity index (χ2n) is 34.7. The number of phenolic OH excluding ortho intramolecular Hbond substituents is 4. The number of hydrogen-bond acceptors (Lipinski definition) is 11. The predicted octanol–water partition coefficient (Wildman–Crippen LogP) is 31.0. The van der Waals surface area contributed by atoms with Gasteiger partial charge in [-0.1, -0.05) is 458 Å². The summed E-state index contributed by atoms with van der Waals surface area (Å²) in [5, 5.41) is 47.8. The van der Waals surface area contributed by atoms with E-state index in [0.717, 1.165) is 141 Å². The van der Waals surface area contributed by atoms with Crippen LogP contribution in [0.1, 0.15) is 527 Å². The number of carbonyl (C=O) groups excluding carboxylic acids is 5. The number of phenols is 4. The predicted molar refractivity (Wildman–Crippen MR) is 467 cm³/mol. The molecule has 0 amide bonds. The van der Waals surface area contributed by atoms with Crippen molar-refractivity contribution in [2.45, 2.75) is 533 Å². The molecule has 0 saturated carbocycles. The number of aromatic hydroxyl groups is 4. The molecular weight excluding hydrogens is 1380 g/mol. The number of ether oxygens (including phenoxy) is 2. The normalized spacial score (nSPS) is 15.3. The zero-order chi connectivity index (χ0) is 80.4. The molecule has 2 aromatic rings. The molecule has 0 bridgehead atoms. The molecule has 1 aliphatic heterocycles. The highest BCUT2D eigenvalue weighted by atomic mass is 16.6. The number of Topliss-reactive ketones (excluding diaryl/α,β-unsaturated/α-hetero) is 4. The number of fused-ring (bicyclic) bond motifs is 1. The SMILES string of the molecule is CCCCCCCCCCCCCCCCC(=O)OC1(C(=O)CCCCCCCCCCCCCCCC)C(C(=O)CCCCCCCCCCCCCCCC)(c2ccc(O)c(O)c2)Oc2cc(O)cc(O)c2C1(C(=O)CCCCCCCCCCCCCCCC)C(=O)CCCCCCCCCCCCCCCC. The Morgan fingerprint density at radius 3 is 0.784 bits per heavy atom. The minimum absolute atomic E-state index is 0.182. The zero-order valence-electron chi connectivity index (χ0n) is 73.1. The highest BCUT2D eigenvalue weighted by Crippen LogP contribution is 2.64. The van der Waals surface area contributed by atoms with E-state index >= 15 is 24.0 Å². The lowest BCUT2D eigenvalue weighted by Gasteiger charge is -2.58. The molecule has 3 rings (SSSR count). The van der Waals surface area contributed by atoms with Crippen molar-refractivity contribution in [1.29, 1.82) is 0 Å². The van der Waals surface area contributed by atoms with Crippen LogP contribution in [0.3, 0.4) is 0 Å². The lowest BCUT2D eigenvalue weighted by atomic mass is 9.49. The van der Waals surface area contributed by atoms with Crippen molar-refractivity contribution >= 4 is 29.1 Å². The van der Waals surface area contributed by atoms with Crippen LogP contribution in [0.25, 0.3) is 0 Å². The molecule has 2 atom stereocenters. The first-order chi connectivity index (χ1) is 54.3. The van der Waals surface area contributed by atoms with Gasteiger partial charge < -0.3 is 29.9 Å². The van der Waals surface area contributed by atoms with E-state index in [1.165, 1.54) is 275 Å². The molecular formula is C100H174O11. The van der Waals surface area contributed by atoms with Crippen molar-refractivity contribution in [2.75, 3.05) is 0 Å². The van der Waals surface area contributed by atoms with Crippen molar-refractivity contribution in [3.8, 4) is 28.7 Å². The fourth-order valence-electron chi connectivity index (χ4n) is 17.9. The summed E-state index contributed by atoms with van der Waals surface area (Å²) in [5.41, 5.74) is -9.48. The van der Waals surface area contributed by atoms with Crippen LogP contribution >= 0.6 is 0 Å². The summed E-state index contributed by atoms with van der Waals surface area (Å²) >= 11 is 0. The molecule has 0 fully saturated rings. The van der Waals surface area contributed by atoms with Crippen molar-refractivity contribution in [1.82, 2.24) is 0 Å². The largest absolute Gasteiger partial charge is 0.508 e. The number of ketones is 4. The Morgan fingerprint density at radius 1 is 0.270 bits per heavy atom. The van der Waals surface area contributed by atoms with Gasteiger partial charge in [-0.3, -0.25) is 24.0 Å². The van der Waals surface area contributed by atoms with Crippen molar-refractivity contribution < 1.29 is 53.9 Å². The van der Waals surface area contributed by atoms with Gasteiger partial charge in [0.15, 0.2) is 40.0 Å². The van der Waals surface area contributed by atoms with Crippen LogP contribution in [0.2, 0.25) is 0 Å². The Balaban J connectivity index is 2.29. The monoisotopic (exact) mass is 1550 g/mol. The quantitative estimate of drug-likeness (QED) is 0.0214. The summed E-state index contributed by atoms with van der Waals surface area (Å²) in [4.78, 5) is 84.7. The average Bonchev–Trinajstić information content (AvgIpc) is 0.657. The van der Waals surface area contributed by atoms with Gasteiger partial charge in [0.2, 0.25) is 11.2 Å².